The number of ether oxygens (including phenoxy) is 3. The highest BCUT2D eigenvalue weighted by molar-refractivity contribution is 5.71. The van der Waals surface area contributed by atoms with Crippen LogP contribution in [0, 0.1) is 0 Å². The van der Waals surface area contributed by atoms with E-state index in [1.807, 2.05) is 0 Å². The summed E-state index contributed by atoms with van der Waals surface area (Å²) in [7, 11) is 0. The first-order valence-corrected chi connectivity index (χ1v) is 26.9. The maximum absolute atomic E-state index is 12.8. The molecule has 0 amide bonds. The van der Waals surface area contributed by atoms with E-state index in [4.69, 9.17) is 14.2 Å². The summed E-state index contributed by atoms with van der Waals surface area (Å²) >= 11 is 0. The minimum Gasteiger partial charge on any atom is -0.462 e. The quantitative estimate of drug-likeness (QED) is 0.0199. The first kappa shape index (κ1) is 62.1. The number of hydrogen-bond donors (Lipinski definition) is 0. The minimum atomic E-state index is -0.809. The molecular formula is C60H98O6. The van der Waals surface area contributed by atoms with Crippen molar-refractivity contribution in [3.05, 3.63) is 109 Å². The summed E-state index contributed by atoms with van der Waals surface area (Å²) in [6.45, 7) is 6.34. The van der Waals surface area contributed by atoms with Crippen LogP contribution in [0.1, 0.15) is 233 Å². The Balaban J connectivity index is 4.50. The lowest BCUT2D eigenvalue weighted by atomic mass is 10.1. The van der Waals surface area contributed by atoms with Gasteiger partial charge < -0.3 is 14.2 Å². The lowest BCUT2D eigenvalue weighted by Crippen LogP contribution is -2.30. The second-order valence-corrected chi connectivity index (χ2v) is 17.4. The molecule has 66 heavy (non-hydrogen) atoms. The first-order valence-electron chi connectivity index (χ1n) is 26.9. The van der Waals surface area contributed by atoms with Crippen LogP contribution in [0.25, 0.3) is 0 Å². The highest BCUT2D eigenvalue weighted by atomic mass is 16.6. The van der Waals surface area contributed by atoms with Gasteiger partial charge in [0.15, 0.2) is 6.10 Å². The molecule has 1 atom stereocenters. The Labute approximate surface area is 406 Å². The van der Waals surface area contributed by atoms with E-state index in [1.165, 1.54) is 57.8 Å². The van der Waals surface area contributed by atoms with Crippen molar-refractivity contribution in [2.24, 2.45) is 0 Å². The third kappa shape index (κ3) is 51.1. The van der Waals surface area contributed by atoms with Crippen molar-refractivity contribution >= 4 is 17.9 Å². The molecule has 0 saturated carbocycles. The summed E-state index contributed by atoms with van der Waals surface area (Å²) in [5.74, 6) is -0.967. The van der Waals surface area contributed by atoms with Crippen LogP contribution < -0.4 is 0 Å². The van der Waals surface area contributed by atoms with Crippen LogP contribution in [0.2, 0.25) is 0 Å². The van der Waals surface area contributed by atoms with Crippen molar-refractivity contribution in [1.29, 1.82) is 0 Å². The third-order valence-electron chi connectivity index (χ3n) is 11.1. The maximum Gasteiger partial charge on any atom is 0.306 e. The predicted molar refractivity (Wildman–Crippen MR) is 283 cm³/mol. The Bertz CT molecular complexity index is 1370. The molecule has 0 rings (SSSR count). The first-order chi connectivity index (χ1) is 32.5. The molecule has 0 aliphatic heterocycles. The number of rotatable bonds is 47. The van der Waals surface area contributed by atoms with Crippen LogP contribution in [0.5, 0.6) is 0 Å². The smallest absolute Gasteiger partial charge is 0.306 e. The minimum absolute atomic E-state index is 0.104. The molecule has 0 fully saturated rings. The van der Waals surface area contributed by atoms with Gasteiger partial charge in [0.2, 0.25) is 0 Å². The van der Waals surface area contributed by atoms with E-state index in [2.05, 4.69) is 130 Å². The summed E-state index contributed by atoms with van der Waals surface area (Å²) in [6, 6.07) is 0. The van der Waals surface area contributed by atoms with E-state index in [9.17, 15) is 14.4 Å². The molecule has 0 aromatic heterocycles. The van der Waals surface area contributed by atoms with Crippen LogP contribution in [0.15, 0.2) is 109 Å². The van der Waals surface area contributed by atoms with E-state index in [-0.39, 0.29) is 37.5 Å². The molecule has 1 unspecified atom stereocenters. The van der Waals surface area contributed by atoms with Crippen LogP contribution in [0.4, 0.5) is 0 Å². The second kappa shape index (κ2) is 53.7. The molecule has 0 aliphatic rings. The van der Waals surface area contributed by atoms with E-state index >= 15 is 0 Å². The highest BCUT2D eigenvalue weighted by Gasteiger charge is 2.19. The normalized spacial score (nSPS) is 13.0. The van der Waals surface area contributed by atoms with Crippen LogP contribution in [-0.4, -0.2) is 37.2 Å². The van der Waals surface area contributed by atoms with Gasteiger partial charge in [-0.1, -0.05) is 214 Å². The Morgan fingerprint density at radius 1 is 0.333 bits per heavy atom. The molecule has 0 bridgehead atoms. The van der Waals surface area contributed by atoms with Gasteiger partial charge in [0.05, 0.1) is 0 Å². The number of carbonyl (C=O) groups is 3. The average molecular weight is 915 g/mol. The van der Waals surface area contributed by atoms with Crippen molar-refractivity contribution in [3.63, 3.8) is 0 Å². The molecule has 0 aromatic carbocycles. The highest BCUT2D eigenvalue weighted by Crippen LogP contribution is 2.13. The van der Waals surface area contributed by atoms with E-state index < -0.39 is 6.10 Å². The molecule has 0 aliphatic carbocycles. The Morgan fingerprint density at radius 2 is 0.652 bits per heavy atom. The molecule has 374 valence electrons. The molecule has 0 saturated heterocycles. The number of unbranched alkanes of at least 4 members (excludes halogenated alkanes) is 20. The van der Waals surface area contributed by atoms with E-state index in [1.54, 1.807) is 0 Å². The fraction of sp³-hybridized carbons (Fsp3) is 0.650. The van der Waals surface area contributed by atoms with Crippen molar-refractivity contribution in [2.75, 3.05) is 13.2 Å². The van der Waals surface area contributed by atoms with Gasteiger partial charge in [0, 0.05) is 19.3 Å². The van der Waals surface area contributed by atoms with Crippen molar-refractivity contribution in [1.82, 2.24) is 0 Å². The molecule has 6 nitrogen and oxygen atoms in total. The number of carbonyl (C=O) groups excluding carboxylic acids is 3. The zero-order valence-electron chi connectivity index (χ0n) is 42.7. The monoisotopic (exact) mass is 915 g/mol. The number of esters is 3. The van der Waals surface area contributed by atoms with Crippen molar-refractivity contribution in [2.45, 2.75) is 239 Å². The van der Waals surface area contributed by atoms with Gasteiger partial charge >= 0.3 is 17.9 Å². The van der Waals surface area contributed by atoms with Crippen molar-refractivity contribution in [3.8, 4) is 0 Å². The standard InChI is InChI=1S/C60H98O6/c1-4-7-10-13-16-19-22-25-28-30-31-33-35-38-41-44-47-50-53-59(62)65-56-57(55-64-58(61)52-49-46-43-40-37-34-27-24-21-18-15-12-9-6-3)66-60(63)54-51-48-45-42-39-36-32-29-26-23-20-17-14-11-8-5-2/h8-9,11-12,17-18,20-22,25-26,28-31,33,36,39,57H,4-7,10,13-16,19,23-24,27,32,34-35,37-38,40-56H2,1-3H3/b11-8-,12-9-,20-17-,21-18-,25-22-,29-26-,30-28-,33-31-,39-36-. The van der Waals surface area contributed by atoms with Gasteiger partial charge in [-0.3, -0.25) is 14.4 Å². The average Bonchev–Trinajstić information content (AvgIpc) is 3.31. The van der Waals surface area contributed by atoms with E-state index in [0.29, 0.717) is 12.8 Å². The summed E-state index contributed by atoms with van der Waals surface area (Å²) in [5, 5.41) is 0. The van der Waals surface area contributed by atoms with Crippen molar-refractivity contribution < 1.29 is 28.6 Å². The molecular weight excluding hydrogens is 817 g/mol. The van der Waals surface area contributed by atoms with Gasteiger partial charge in [-0.15, -0.1) is 0 Å². The lowest BCUT2D eigenvalue weighted by Gasteiger charge is -2.18. The van der Waals surface area contributed by atoms with Crippen LogP contribution in [0.3, 0.4) is 0 Å². The second-order valence-electron chi connectivity index (χ2n) is 17.4. The Hall–Kier alpha value is -3.93. The Kier molecular flexibility index (Phi) is 50.5. The molecule has 0 N–H and O–H groups in total. The maximum atomic E-state index is 12.8. The molecule has 0 radical (unpaired) electrons. The molecule has 0 spiro atoms. The zero-order valence-corrected chi connectivity index (χ0v) is 42.7. The van der Waals surface area contributed by atoms with E-state index in [0.717, 1.165) is 135 Å². The summed E-state index contributed by atoms with van der Waals surface area (Å²) in [6.07, 6.45) is 72.1. The number of allylic oxidation sites excluding steroid dienone is 18. The fourth-order valence-electron chi connectivity index (χ4n) is 7.06. The summed E-state index contributed by atoms with van der Waals surface area (Å²) in [4.78, 5) is 38.1. The number of hydrogen-bond acceptors (Lipinski definition) is 6. The largest absolute Gasteiger partial charge is 0.462 e. The SMILES string of the molecule is CC/C=C\C/C=C\C/C=C\C/C=C\CCCCCC(=O)OC(COC(=O)CCCCCCC\C=C/C=C\C=C/CCCCCCC)COC(=O)CCCCCCCCC/C=C\C/C=C\CC. The molecule has 0 aromatic rings. The van der Waals surface area contributed by atoms with Gasteiger partial charge in [-0.05, 0) is 109 Å². The molecule has 6 heteroatoms. The third-order valence-corrected chi connectivity index (χ3v) is 11.1. The lowest BCUT2D eigenvalue weighted by molar-refractivity contribution is -0.167. The Morgan fingerprint density at radius 3 is 1.06 bits per heavy atom. The zero-order chi connectivity index (χ0) is 47.9. The van der Waals surface area contributed by atoms with Gasteiger partial charge in [-0.25, -0.2) is 0 Å². The fourth-order valence-corrected chi connectivity index (χ4v) is 7.06. The van der Waals surface area contributed by atoms with Gasteiger partial charge in [0.1, 0.15) is 13.2 Å². The summed E-state index contributed by atoms with van der Waals surface area (Å²) < 4.78 is 16.8. The topological polar surface area (TPSA) is 78.9 Å². The van der Waals surface area contributed by atoms with Crippen LogP contribution >= 0.6 is 0 Å². The van der Waals surface area contributed by atoms with Gasteiger partial charge in [0.25, 0.3) is 0 Å². The van der Waals surface area contributed by atoms with Gasteiger partial charge in [-0.2, -0.15) is 0 Å². The summed E-state index contributed by atoms with van der Waals surface area (Å²) in [5.41, 5.74) is 0. The van der Waals surface area contributed by atoms with Crippen LogP contribution in [-0.2, 0) is 28.6 Å². The molecule has 0 heterocycles. The predicted octanol–water partition coefficient (Wildman–Crippen LogP) is 17.9.